The lowest BCUT2D eigenvalue weighted by Gasteiger charge is -2.06. The molecule has 0 spiro atoms. The Labute approximate surface area is 114 Å². The largest absolute Gasteiger partial charge is 0.290 e. The van der Waals surface area contributed by atoms with Crippen molar-refractivity contribution in [3.05, 3.63) is 33.9 Å². The van der Waals surface area contributed by atoms with Crippen LogP contribution in [0.25, 0.3) is 0 Å². The topological polar surface area (TPSA) is 111 Å². The average molecular weight is 328 g/mol. The second-order valence-electron chi connectivity index (χ2n) is 3.74. The minimum Gasteiger partial charge on any atom is -0.258 e. The molecule has 7 nitrogen and oxygen atoms in total. The zero-order chi connectivity index (χ0) is 14.8. The van der Waals surface area contributed by atoms with Gasteiger partial charge in [0.1, 0.15) is 4.90 Å². The van der Waals surface area contributed by atoms with Crippen LogP contribution in [0.15, 0.2) is 23.1 Å². The van der Waals surface area contributed by atoms with Gasteiger partial charge in [-0.2, -0.15) is 0 Å². The van der Waals surface area contributed by atoms with Gasteiger partial charge in [0.25, 0.3) is 5.69 Å². The number of nitro benzene ring substituents is 1. The first-order valence-electron chi connectivity index (χ1n) is 4.94. The normalized spacial score (nSPS) is 12.3. The van der Waals surface area contributed by atoms with Gasteiger partial charge in [-0.25, -0.2) is 16.8 Å². The van der Waals surface area contributed by atoms with Crippen molar-refractivity contribution < 1.29 is 21.8 Å². The number of hydrogen-bond donors (Lipinski definition) is 0. The average Bonchev–Trinajstić information content (AvgIpc) is 2.25. The maximum atomic E-state index is 11.9. The molecule has 0 radical (unpaired) electrons. The lowest BCUT2D eigenvalue weighted by molar-refractivity contribution is -0.388. The molecule has 0 heterocycles. The highest BCUT2D eigenvalue weighted by Crippen LogP contribution is 2.28. The first-order chi connectivity index (χ1) is 8.54. The molecule has 1 aromatic carbocycles. The fourth-order valence-corrected chi connectivity index (χ4v) is 4.71. The standard InChI is InChI=1S/C9H10ClNO6S2/c1-7-3-2-4-8(9(7)11(12)13)18(14,15)5-6-19(10,16)17/h2-4H,5-6H2,1H3. The lowest BCUT2D eigenvalue weighted by Crippen LogP contribution is -2.15. The lowest BCUT2D eigenvalue weighted by atomic mass is 10.2. The van der Waals surface area contributed by atoms with Gasteiger partial charge >= 0.3 is 0 Å². The van der Waals surface area contributed by atoms with E-state index in [0.717, 1.165) is 6.07 Å². The van der Waals surface area contributed by atoms with Gasteiger partial charge < -0.3 is 0 Å². The van der Waals surface area contributed by atoms with Crippen LogP contribution < -0.4 is 0 Å². The van der Waals surface area contributed by atoms with Crippen molar-refractivity contribution in [2.24, 2.45) is 0 Å². The van der Waals surface area contributed by atoms with E-state index in [0.29, 0.717) is 0 Å². The van der Waals surface area contributed by atoms with Gasteiger partial charge in [-0.15, -0.1) is 0 Å². The maximum Gasteiger partial charge on any atom is 0.290 e. The van der Waals surface area contributed by atoms with Crippen LogP contribution in [0.2, 0.25) is 0 Å². The van der Waals surface area contributed by atoms with E-state index in [1.807, 2.05) is 0 Å². The summed E-state index contributed by atoms with van der Waals surface area (Å²) in [6.07, 6.45) is 0. The van der Waals surface area contributed by atoms with Crippen LogP contribution >= 0.6 is 10.7 Å². The summed E-state index contributed by atoms with van der Waals surface area (Å²) in [7, 11) is -3.15. The van der Waals surface area contributed by atoms with E-state index in [-0.39, 0.29) is 5.56 Å². The van der Waals surface area contributed by atoms with E-state index in [4.69, 9.17) is 10.7 Å². The smallest absolute Gasteiger partial charge is 0.258 e. The Hall–Kier alpha value is -1.19. The van der Waals surface area contributed by atoms with E-state index in [2.05, 4.69) is 0 Å². The van der Waals surface area contributed by atoms with Crippen molar-refractivity contribution in [2.75, 3.05) is 11.5 Å². The quantitative estimate of drug-likeness (QED) is 0.457. The molecule has 0 unspecified atom stereocenters. The Balaban J connectivity index is 3.30. The number of rotatable bonds is 5. The summed E-state index contributed by atoms with van der Waals surface area (Å²) >= 11 is 0. The van der Waals surface area contributed by atoms with Gasteiger partial charge in [0.15, 0.2) is 9.84 Å². The van der Waals surface area contributed by atoms with Crippen LogP contribution in [0.1, 0.15) is 5.56 Å². The molecular formula is C9H10ClNO6S2. The van der Waals surface area contributed by atoms with E-state index in [1.165, 1.54) is 19.1 Å². The second kappa shape index (κ2) is 5.43. The van der Waals surface area contributed by atoms with Crippen LogP contribution in [-0.2, 0) is 18.9 Å². The van der Waals surface area contributed by atoms with Crippen LogP contribution in [0, 0.1) is 17.0 Å². The fraction of sp³-hybridized carbons (Fsp3) is 0.333. The molecule has 0 saturated heterocycles. The summed E-state index contributed by atoms with van der Waals surface area (Å²) in [6, 6.07) is 3.82. The third-order valence-electron chi connectivity index (χ3n) is 2.31. The summed E-state index contributed by atoms with van der Waals surface area (Å²) in [5, 5.41) is 10.9. The molecule has 0 aliphatic carbocycles. The number of para-hydroxylation sites is 1. The van der Waals surface area contributed by atoms with Crippen LogP contribution in [0.4, 0.5) is 5.69 Å². The maximum absolute atomic E-state index is 11.9. The van der Waals surface area contributed by atoms with Gasteiger partial charge in [-0.3, -0.25) is 10.1 Å². The summed E-state index contributed by atoms with van der Waals surface area (Å²) in [5.74, 6) is -1.61. The van der Waals surface area contributed by atoms with Crippen molar-refractivity contribution in [2.45, 2.75) is 11.8 Å². The van der Waals surface area contributed by atoms with Gasteiger partial charge in [0.2, 0.25) is 9.05 Å². The highest BCUT2D eigenvalue weighted by Gasteiger charge is 2.28. The van der Waals surface area contributed by atoms with Crippen LogP contribution in [-0.4, -0.2) is 33.3 Å². The second-order valence-corrected chi connectivity index (χ2v) is 8.71. The zero-order valence-electron chi connectivity index (χ0n) is 9.74. The predicted octanol–water partition coefficient (Wildman–Crippen LogP) is 1.25. The zero-order valence-corrected chi connectivity index (χ0v) is 12.1. The molecule has 10 heteroatoms. The summed E-state index contributed by atoms with van der Waals surface area (Å²) in [4.78, 5) is 9.58. The van der Waals surface area contributed by atoms with E-state index in [1.54, 1.807) is 0 Å². The molecule has 19 heavy (non-hydrogen) atoms. The Morgan fingerprint density at radius 1 is 1.21 bits per heavy atom. The Morgan fingerprint density at radius 3 is 2.26 bits per heavy atom. The molecule has 0 aromatic heterocycles. The number of sulfone groups is 1. The van der Waals surface area contributed by atoms with Gasteiger partial charge in [-0.05, 0) is 13.0 Å². The number of halogens is 1. The van der Waals surface area contributed by atoms with Gasteiger partial charge in [0, 0.05) is 16.2 Å². The molecule has 0 fully saturated rings. The molecule has 0 amide bonds. The van der Waals surface area contributed by atoms with E-state index in [9.17, 15) is 26.9 Å². The molecular weight excluding hydrogens is 318 g/mol. The first-order valence-corrected chi connectivity index (χ1v) is 9.07. The van der Waals surface area contributed by atoms with Crippen molar-refractivity contribution in [1.82, 2.24) is 0 Å². The number of nitrogens with zero attached hydrogens (tertiary/aromatic N) is 1. The van der Waals surface area contributed by atoms with Gasteiger partial charge in [-0.1, -0.05) is 12.1 Å². The minimum absolute atomic E-state index is 0.180. The first kappa shape index (κ1) is 15.9. The molecule has 0 saturated carbocycles. The summed E-state index contributed by atoms with van der Waals surface area (Å²) < 4.78 is 45.4. The van der Waals surface area contributed by atoms with Crippen molar-refractivity contribution >= 4 is 35.3 Å². The molecule has 0 bridgehead atoms. The highest BCUT2D eigenvalue weighted by molar-refractivity contribution is 8.14. The third-order valence-corrected chi connectivity index (χ3v) is 5.47. The molecule has 0 atom stereocenters. The monoisotopic (exact) mass is 327 g/mol. The molecule has 106 valence electrons. The molecule has 0 aliphatic rings. The number of benzene rings is 1. The summed E-state index contributed by atoms with van der Waals surface area (Å²) in [6.45, 7) is 1.40. The van der Waals surface area contributed by atoms with Crippen LogP contribution in [0.5, 0.6) is 0 Å². The predicted molar refractivity (Wildman–Crippen MR) is 69.5 cm³/mol. The van der Waals surface area contributed by atoms with Crippen molar-refractivity contribution in [3.8, 4) is 0 Å². The molecule has 1 rings (SSSR count). The number of nitro groups is 1. The van der Waals surface area contributed by atoms with Crippen molar-refractivity contribution in [3.63, 3.8) is 0 Å². The van der Waals surface area contributed by atoms with E-state index >= 15 is 0 Å². The molecule has 0 N–H and O–H groups in total. The van der Waals surface area contributed by atoms with Crippen LogP contribution in [0.3, 0.4) is 0 Å². The Morgan fingerprint density at radius 2 is 1.79 bits per heavy atom. The number of hydrogen-bond acceptors (Lipinski definition) is 6. The Kier molecular flexibility index (Phi) is 4.54. The highest BCUT2D eigenvalue weighted by atomic mass is 35.7. The van der Waals surface area contributed by atoms with E-state index < -0.39 is 45.9 Å². The minimum atomic E-state index is -4.10. The van der Waals surface area contributed by atoms with Crippen molar-refractivity contribution in [1.29, 1.82) is 0 Å². The Bertz CT molecular complexity index is 710. The third kappa shape index (κ3) is 4.15. The number of aryl methyl sites for hydroxylation is 1. The summed E-state index contributed by atoms with van der Waals surface area (Å²) in [5.41, 5.74) is -0.366. The molecule has 0 aliphatic heterocycles. The molecule has 1 aromatic rings. The SMILES string of the molecule is Cc1cccc(S(=O)(=O)CCS(=O)(=O)Cl)c1[N+](=O)[O-]. The van der Waals surface area contributed by atoms with Gasteiger partial charge in [0.05, 0.1) is 16.4 Å². The fourth-order valence-electron chi connectivity index (χ4n) is 1.44.